The lowest BCUT2D eigenvalue weighted by Crippen LogP contribution is -2.30. The van der Waals surface area contributed by atoms with Gasteiger partial charge in [-0.05, 0) is 42.0 Å². The highest BCUT2D eigenvalue weighted by atomic mass is 35.5. The second-order valence-corrected chi connectivity index (χ2v) is 6.13. The first-order valence-corrected chi connectivity index (χ1v) is 7.81. The first kappa shape index (κ1) is 15.8. The van der Waals surface area contributed by atoms with Crippen LogP contribution < -0.4 is 5.32 Å². The van der Waals surface area contributed by atoms with Gasteiger partial charge in [0.2, 0.25) is 11.1 Å². The van der Waals surface area contributed by atoms with Crippen LogP contribution in [0.3, 0.4) is 0 Å². The van der Waals surface area contributed by atoms with Crippen molar-refractivity contribution in [2.45, 2.75) is 37.3 Å². The number of amides is 1. The molecule has 1 N–H and O–H groups in total. The van der Waals surface area contributed by atoms with Gasteiger partial charge in [0.1, 0.15) is 0 Å². The Morgan fingerprint density at radius 1 is 1.43 bits per heavy atom. The fourth-order valence-corrected chi connectivity index (χ4v) is 2.63. The summed E-state index contributed by atoms with van der Waals surface area (Å²) in [6, 6.07) is 7.38. The number of tetrazole rings is 1. The molecular weight excluding hydrogens is 310 g/mol. The number of aromatic nitrogens is 4. The minimum Gasteiger partial charge on any atom is -0.351 e. The third kappa shape index (κ3) is 4.44. The zero-order chi connectivity index (χ0) is 15.2. The van der Waals surface area contributed by atoms with Gasteiger partial charge in [0.15, 0.2) is 0 Å². The number of rotatable bonds is 6. The van der Waals surface area contributed by atoms with Gasteiger partial charge in [-0.3, -0.25) is 4.79 Å². The molecule has 8 heteroatoms. The Morgan fingerprint density at radius 2 is 2.14 bits per heavy atom. The molecule has 1 amide bonds. The van der Waals surface area contributed by atoms with Crippen LogP contribution in [0, 0.1) is 0 Å². The second-order valence-electron chi connectivity index (χ2n) is 4.38. The van der Waals surface area contributed by atoms with Crippen molar-refractivity contribution >= 4 is 29.3 Å². The largest absolute Gasteiger partial charge is 0.351 e. The van der Waals surface area contributed by atoms with E-state index in [1.54, 1.807) is 16.8 Å². The highest BCUT2D eigenvalue weighted by Gasteiger charge is 2.17. The molecule has 0 aliphatic heterocycles. The smallest absolute Gasteiger partial charge is 0.233 e. The average molecular weight is 326 g/mol. The molecule has 6 nitrogen and oxygen atoms in total. The number of halogens is 1. The Labute approximate surface area is 132 Å². The van der Waals surface area contributed by atoms with E-state index in [1.165, 1.54) is 11.8 Å². The van der Waals surface area contributed by atoms with Gasteiger partial charge in [0, 0.05) is 18.1 Å². The van der Waals surface area contributed by atoms with Crippen LogP contribution in [0.4, 0.5) is 0 Å². The van der Waals surface area contributed by atoms with Crippen LogP contribution >= 0.6 is 23.4 Å². The van der Waals surface area contributed by atoms with Crippen LogP contribution in [0.15, 0.2) is 29.4 Å². The number of hydrogen-bond donors (Lipinski definition) is 1. The van der Waals surface area contributed by atoms with Gasteiger partial charge in [0.25, 0.3) is 0 Å². The molecule has 2 aromatic rings. The van der Waals surface area contributed by atoms with Gasteiger partial charge in [-0.2, -0.15) is 0 Å². The number of nitrogens with one attached hydrogen (secondary N) is 1. The summed E-state index contributed by atoms with van der Waals surface area (Å²) in [7, 11) is 0. The van der Waals surface area contributed by atoms with Gasteiger partial charge >= 0.3 is 0 Å². The molecule has 0 fully saturated rings. The van der Waals surface area contributed by atoms with Crippen LogP contribution in [-0.2, 0) is 17.9 Å². The first-order chi connectivity index (χ1) is 10.1. The molecule has 0 radical (unpaired) electrons. The fraction of sp³-hybridized carbons (Fsp3) is 0.385. The molecule has 0 saturated heterocycles. The van der Waals surface area contributed by atoms with E-state index in [0.29, 0.717) is 23.3 Å². The van der Waals surface area contributed by atoms with E-state index in [4.69, 9.17) is 11.6 Å². The van der Waals surface area contributed by atoms with Crippen molar-refractivity contribution in [3.05, 3.63) is 34.9 Å². The van der Waals surface area contributed by atoms with Crippen molar-refractivity contribution in [2.24, 2.45) is 0 Å². The van der Waals surface area contributed by atoms with E-state index < -0.39 is 0 Å². The summed E-state index contributed by atoms with van der Waals surface area (Å²) in [6.45, 7) is 4.93. The van der Waals surface area contributed by atoms with Gasteiger partial charge in [-0.25, -0.2) is 4.68 Å². The van der Waals surface area contributed by atoms with E-state index >= 15 is 0 Å². The number of benzene rings is 1. The monoisotopic (exact) mass is 325 g/mol. The minimum atomic E-state index is -0.270. The zero-order valence-corrected chi connectivity index (χ0v) is 13.4. The molecule has 1 unspecified atom stereocenters. The van der Waals surface area contributed by atoms with Crippen molar-refractivity contribution < 1.29 is 4.79 Å². The molecule has 112 valence electrons. The van der Waals surface area contributed by atoms with Gasteiger partial charge in [-0.15, -0.1) is 5.10 Å². The number of carbonyl (C=O) groups is 1. The average Bonchev–Trinajstić information content (AvgIpc) is 2.93. The maximum absolute atomic E-state index is 12.1. The summed E-state index contributed by atoms with van der Waals surface area (Å²) in [5, 5.41) is 15.3. The van der Waals surface area contributed by atoms with E-state index in [1.807, 2.05) is 26.0 Å². The SMILES string of the molecule is CCn1nnnc1SC(C)C(=O)NCc1ccc(Cl)cc1. The van der Waals surface area contributed by atoms with E-state index in [9.17, 15) is 4.79 Å². The summed E-state index contributed by atoms with van der Waals surface area (Å²) in [6.07, 6.45) is 0. The van der Waals surface area contributed by atoms with Gasteiger partial charge < -0.3 is 5.32 Å². The Kier molecular flexibility index (Phi) is 5.58. The second kappa shape index (κ2) is 7.42. The zero-order valence-electron chi connectivity index (χ0n) is 11.8. The van der Waals surface area contributed by atoms with Crippen LogP contribution in [0.5, 0.6) is 0 Å². The lowest BCUT2D eigenvalue weighted by Gasteiger charge is -2.11. The Bertz CT molecular complexity index is 601. The molecule has 0 aliphatic carbocycles. The summed E-state index contributed by atoms with van der Waals surface area (Å²) in [4.78, 5) is 12.1. The van der Waals surface area contributed by atoms with Gasteiger partial charge in [0.05, 0.1) is 5.25 Å². The van der Waals surface area contributed by atoms with E-state index in [2.05, 4.69) is 20.8 Å². The lowest BCUT2D eigenvalue weighted by atomic mass is 10.2. The minimum absolute atomic E-state index is 0.0550. The van der Waals surface area contributed by atoms with E-state index in [-0.39, 0.29) is 11.2 Å². The lowest BCUT2D eigenvalue weighted by molar-refractivity contribution is -0.120. The van der Waals surface area contributed by atoms with Gasteiger partial charge in [-0.1, -0.05) is 35.5 Å². The highest BCUT2D eigenvalue weighted by Crippen LogP contribution is 2.20. The number of carbonyl (C=O) groups excluding carboxylic acids is 1. The first-order valence-electron chi connectivity index (χ1n) is 6.55. The molecule has 1 aromatic heterocycles. The predicted octanol–water partition coefficient (Wildman–Crippen LogP) is 2.14. The van der Waals surface area contributed by atoms with Crippen LogP contribution in [0.25, 0.3) is 0 Å². The number of aryl methyl sites for hydroxylation is 1. The quantitative estimate of drug-likeness (QED) is 0.824. The summed E-state index contributed by atoms with van der Waals surface area (Å²) < 4.78 is 1.66. The standard InChI is InChI=1S/C13H16ClN5OS/c1-3-19-13(16-17-18-19)21-9(2)12(20)15-8-10-4-6-11(14)7-5-10/h4-7,9H,3,8H2,1-2H3,(H,15,20). The molecule has 1 atom stereocenters. The predicted molar refractivity (Wildman–Crippen MR) is 82.1 cm³/mol. The topological polar surface area (TPSA) is 72.7 Å². The van der Waals surface area contributed by atoms with E-state index in [0.717, 1.165) is 5.56 Å². The molecule has 21 heavy (non-hydrogen) atoms. The Hall–Kier alpha value is -1.60. The third-order valence-corrected chi connectivity index (χ3v) is 4.15. The number of thioether (sulfide) groups is 1. The number of hydrogen-bond acceptors (Lipinski definition) is 5. The fourth-order valence-electron chi connectivity index (χ4n) is 1.63. The third-order valence-electron chi connectivity index (χ3n) is 2.83. The number of nitrogens with zero attached hydrogens (tertiary/aromatic N) is 4. The molecule has 0 spiro atoms. The summed E-state index contributed by atoms with van der Waals surface area (Å²) in [5.74, 6) is -0.0550. The Balaban J connectivity index is 1.86. The van der Waals surface area contributed by atoms with Crippen molar-refractivity contribution in [3.8, 4) is 0 Å². The maximum atomic E-state index is 12.1. The maximum Gasteiger partial charge on any atom is 0.233 e. The van der Waals surface area contributed by atoms with Crippen molar-refractivity contribution in [2.75, 3.05) is 0 Å². The molecule has 1 heterocycles. The molecule has 0 aliphatic rings. The highest BCUT2D eigenvalue weighted by molar-refractivity contribution is 8.00. The van der Waals surface area contributed by atoms with Crippen molar-refractivity contribution in [1.82, 2.24) is 25.5 Å². The summed E-state index contributed by atoms with van der Waals surface area (Å²) in [5.41, 5.74) is 1.00. The van der Waals surface area contributed by atoms with Crippen LogP contribution in [0.1, 0.15) is 19.4 Å². The molecule has 0 bridgehead atoms. The normalized spacial score (nSPS) is 12.1. The van der Waals surface area contributed by atoms with Crippen molar-refractivity contribution in [3.63, 3.8) is 0 Å². The molecule has 0 saturated carbocycles. The molecule has 1 aromatic carbocycles. The summed E-state index contributed by atoms with van der Waals surface area (Å²) >= 11 is 7.16. The Morgan fingerprint density at radius 3 is 2.81 bits per heavy atom. The molecular formula is C13H16ClN5OS. The van der Waals surface area contributed by atoms with Crippen LogP contribution in [0.2, 0.25) is 5.02 Å². The molecule has 2 rings (SSSR count). The van der Waals surface area contributed by atoms with Crippen molar-refractivity contribution in [1.29, 1.82) is 0 Å². The van der Waals surface area contributed by atoms with Crippen LogP contribution in [-0.4, -0.2) is 31.4 Å².